The minimum absolute atomic E-state index is 0.108. The van der Waals surface area contributed by atoms with Crippen LogP contribution in [-0.2, 0) is 46.2 Å². The van der Waals surface area contributed by atoms with Crippen LogP contribution in [0.15, 0.2) is 65.2 Å². The molecule has 1 fully saturated rings. The van der Waals surface area contributed by atoms with Crippen molar-refractivity contribution in [3.63, 3.8) is 0 Å². The van der Waals surface area contributed by atoms with Crippen LogP contribution in [0.2, 0.25) is 5.02 Å². The number of benzene rings is 2. The van der Waals surface area contributed by atoms with E-state index >= 15 is 0 Å². The van der Waals surface area contributed by atoms with Gasteiger partial charge in [0.15, 0.2) is 0 Å². The van der Waals surface area contributed by atoms with Crippen LogP contribution in [0.4, 0.5) is 5.69 Å². The summed E-state index contributed by atoms with van der Waals surface area (Å²) in [5, 5.41) is 3.76. The maximum Gasteiger partial charge on any atom is 0.285 e. The van der Waals surface area contributed by atoms with Gasteiger partial charge in [-0.15, -0.1) is 11.8 Å². The predicted octanol–water partition coefficient (Wildman–Crippen LogP) is 6.89. The Morgan fingerprint density at radius 2 is 2.04 bits per heavy atom. The van der Waals surface area contributed by atoms with Gasteiger partial charge in [-0.2, -0.15) is 4.36 Å². The highest BCUT2D eigenvalue weighted by Gasteiger charge is 2.39. The van der Waals surface area contributed by atoms with Crippen molar-refractivity contribution in [2.24, 2.45) is 22.1 Å². The van der Waals surface area contributed by atoms with Gasteiger partial charge >= 0.3 is 0 Å². The van der Waals surface area contributed by atoms with Gasteiger partial charge in [-0.3, -0.25) is 9.59 Å². The number of halogens is 1. The molecule has 10 nitrogen and oxygen atoms in total. The number of hydrogen-bond donors (Lipinski definition) is 2. The highest BCUT2D eigenvalue weighted by atomic mass is 35.5. The van der Waals surface area contributed by atoms with Gasteiger partial charge in [0.05, 0.1) is 41.2 Å². The van der Waals surface area contributed by atoms with E-state index in [2.05, 4.69) is 38.9 Å². The number of fused-ring (bicyclic) bond motifs is 4. The fourth-order valence-electron chi connectivity index (χ4n) is 7.63. The molecule has 3 aromatic rings. The molecule has 52 heavy (non-hydrogen) atoms. The van der Waals surface area contributed by atoms with Crippen molar-refractivity contribution in [3.8, 4) is 5.75 Å². The number of hydrogen-bond acceptors (Lipinski definition) is 8. The lowest BCUT2D eigenvalue weighted by molar-refractivity contribution is 0.0133. The summed E-state index contributed by atoms with van der Waals surface area (Å²) in [6.45, 7) is 6.66. The van der Waals surface area contributed by atoms with Crippen LogP contribution in [0.5, 0.6) is 5.75 Å². The normalized spacial score (nSPS) is 29.0. The minimum atomic E-state index is -2.62. The molecule has 4 heterocycles. The van der Waals surface area contributed by atoms with Crippen molar-refractivity contribution in [1.82, 2.24) is 9.88 Å². The number of amides is 2. The number of aryl methyl sites for hydroxylation is 1. The number of carbonyl (C=O) groups excluding carboxylic acids is 2. The van der Waals surface area contributed by atoms with Crippen LogP contribution in [0.3, 0.4) is 0 Å². The van der Waals surface area contributed by atoms with Crippen LogP contribution < -0.4 is 15.0 Å². The molecule has 13 heteroatoms. The third-order valence-corrected chi connectivity index (χ3v) is 13.9. The van der Waals surface area contributed by atoms with Gasteiger partial charge in [0.2, 0.25) is 0 Å². The Balaban J connectivity index is 1.29. The summed E-state index contributed by atoms with van der Waals surface area (Å²) in [5.74, 6) is 1.33. The van der Waals surface area contributed by atoms with Gasteiger partial charge in [-0.1, -0.05) is 36.7 Å². The van der Waals surface area contributed by atoms with E-state index in [0.29, 0.717) is 72.4 Å². The second-order valence-electron chi connectivity index (χ2n) is 14.4. The van der Waals surface area contributed by atoms with Gasteiger partial charge in [-0.25, -0.2) is 4.21 Å². The third kappa shape index (κ3) is 7.82. The number of carbonyl (C=O) groups is 2. The van der Waals surface area contributed by atoms with E-state index in [9.17, 15) is 13.8 Å². The first-order valence-corrected chi connectivity index (χ1v) is 20.8. The molecule has 7 rings (SSSR count). The van der Waals surface area contributed by atoms with Crippen molar-refractivity contribution < 1.29 is 28.0 Å². The van der Waals surface area contributed by atoms with E-state index in [1.807, 2.05) is 29.7 Å². The Morgan fingerprint density at radius 1 is 1.17 bits per heavy atom. The van der Waals surface area contributed by atoms with Crippen LogP contribution in [0.25, 0.3) is 0 Å². The first-order chi connectivity index (χ1) is 25.1. The van der Waals surface area contributed by atoms with Crippen LogP contribution >= 0.6 is 23.4 Å². The summed E-state index contributed by atoms with van der Waals surface area (Å²) in [6, 6.07) is 13.2. The smallest absolute Gasteiger partial charge is 0.285 e. The molecule has 1 aliphatic carbocycles. The molecule has 1 saturated carbocycles. The number of aromatic nitrogens is 1. The zero-order valence-corrected chi connectivity index (χ0v) is 32.4. The topological polar surface area (TPSA) is 111 Å². The molecule has 1 aromatic heterocycles. The summed E-state index contributed by atoms with van der Waals surface area (Å²) < 4.78 is 38.6. The van der Waals surface area contributed by atoms with Crippen LogP contribution in [-0.4, -0.2) is 63.5 Å². The van der Waals surface area contributed by atoms with E-state index in [1.54, 1.807) is 44.1 Å². The lowest BCUT2D eigenvalue weighted by atomic mass is 9.70. The van der Waals surface area contributed by atoms with Crippen molar-refractivity contribution >= 4 is 51.5 Å². The molecule has 1 N–H and O–H groups in total. The van der Waals surface area contributed by atoms with Gasteiger partial charge in [0.1, 0.15) is 16.6 Å². The second kappa shape index (κ2) is 16.0. The van der Waals surface area contributed by atoms with Crippen molar-refractivity contribution in [2.45, 2.75) is 70.2 Å². The van der Waals surface area contributed by atoms with Gasteiger partial charge in [0, 0.05) is 55.0 Å². The molecule has 2 bridgehead atoms. The molecule has 0 saturated heterocycles. The lowest BCUT2D eigenvalue weighted by Crippen LogP contribution is -2.51. The Labute approximate surface area is 316 Å². The summed E-state index contributed by atoms with van der Waals surface area (Å²) in [4.78, 5) is 28.7. The number of nitrogens with zero attached hydrogens (tertiary/aromatic N) is 3. The summed E-state index contributed by atoms with van der Waals surface area (Å²) in [7, 11) is -0.871. The Bertz CT molecular complexity index is 1920. The molecule has 2 aromatic carbocycles. The van der Waals surface area contributed by atoms with Gasteiger partial charge in [-0.05, 0) is 97.9 Å². The molecule has 278 valence electrons. The standard InChI is InChI=1S/C39H47ClN4O6S2/c1-25-5-4-6-35(48-3)33-11-8-29(33)21-44-20-28-7-10-31(40)17-26(28)13-16-51-24-50-36-12-9-27(19-34(36)44)38(46)42-52(47)39(25,2)41-37(45)30-18-32-23-49-15-14-43(32)22-30/h4,6-7,9-10,12,17-19,22,25,29,33,35,52H,5,8,11,13-16,20-21,23-24H2,1-3H3,(H,41,45)/b6-4+/t25-,29-,33+,35-,39+/m0/s1. The predicted molar refractivity (Wildman–Crippen MR) is 207 cm³/mol. The van der Waals surface area contributed by atoms with Crippen LogP contribution in [0, 0.1) is 17.8 Å². The number of ether oxygens (including phenoxy) is 3. The SMILES string of the molecule is CO[C@H]1/C=C/C[C@H](C)[C@](C)(NC(=O)c2cc3n(c2)CCOC3)/[SH](=O)=N\C(=O)c2ccc3c(c2)N(Cc2ccc(Cl)cc2CCSCO3)C[C@@H]2CC[C@H]21. The fourth-order valence-corrected chi connectivity index (χ4v) is 9.69. The Morgan fingerprint density at radius 3 is 2.83 bits per heavy atom. The van der Waals surface area contributed by atoms with Crippen molar-refractivity contribution in [3.05, 3.63) is 93.8 Å². The molecule has 0 radical (unpaired) electrons. The number of rotatable bonds is 3. The maximum atomic E-state index is 14.3. The summed E-state index contributed by atoms with van der Waals surface area (Å²) in [6.07, 6.45) is 9.31. The number of anilines is 1. The molecule has 6 atom stereocenters. The molecule has 0 spiro atoms. The van der Waals surface area contributed by atoms with Crippen molar-refractivity contribution in [2.75, 3.05) is 36.9 Å². The molecular formula is C39H47ClN4O6S2. The zero-order chi connectivity index (χ0) is 36.4. The van der Waals surface area contributed by atoms with Crippen molar-refractivity contribution in [1.29, 1.82) is 0 Å². The highest BCUT2D eigenvalue weighted by Crippen LogP contribution is 2.42. The van der Waals surface area contributed by atoms with E-state index in [-0.39, 0.29) is 17.9 Å². The molecule has 3 aliphatic heterocycles. The first-order valence-electron chi connectivity index (χ1n) is 18.0. The van der Waals surface area contributed by atoms with E-state index in [0.717, 1.165) is 42.9 Å². The average Bonchev–Trinajstić information content (AvgIpc) is 3.56. The molecule has 1 unspecified atom stereocenters. The van der Waals surface area contributed by atoms with E-state index in [1.165, 1.54) is 11.1 Å². The van der Waals surface area contributed by atoms with Gasteiger partial charge in [0.25, 0.3) is 11.8 Å². The molecule has 4 aliphatic rings. The van der Waals surface area contributed by atoms with Gasteiger partial charge < -0.3 is 29.0 Å². The zero-order valence-electron chi connectivity index (χ0n) is 29.9. The monoisotopic (exact) mass is 766 g/mol. The fraction of sp³-hybridized carbons (Fsp3) is 0.487. The number of thioether (sulfide) groups is 1. The quantitative estimate of drug-likeness (QED) is 0.219. The third-order valence-electron chi connectivity index (χ3n) is 11.2. The largest absolute Gasteiger partial charge is 0.481 e. The maximum absolute atomic E-state index is 14.3. The average molecular weight is 767 g/mol. The molecule has 2 amide bonds. The van der Waals surface area contributed by atoms with E-state index < -0.39 is 21.4 Å². The summed E-state index contributed by atoms with van der Waals surface area (Å²) >= 11 is 8.17. The Kier molecular flexibility index (Phi) is 11.4. The highest BCUT2D eigenvalue weighted by molar-refractivity contribution is 7.99. The number of thiol groups is 1. The van der Waals surface area contributed by atoms with Crippen LogP contribution in [0.1, 0.15) is 70.6 Å². The first kappa shape index (κ1) is 37.0. The number of methoxy groups -OCH3 is 1. The summed E-state index contributed by atoms with van der Waals surface area (Å²) in [5.41, 5.74) is 4.82. The van der Waals surface area contributed by atoms with E-state index in [4.69, 9.17) is 25.8 Å². The second-order valence-corrected chi connectivity index (χ2v) is 17.6. The number of nitrogens with one attached hydrogen (secondary N) is 1. The molecular weight excluding hydrogens is 720 g/mol. The lowest BCUT2D eigenvalue weighted by Gasteiger charge is -2.43. The Hall–Kier alpha value is -3.29. The minimum Gasteiger partial charge on any atom is -0.481 e. The number of allylic oxidation sites excluding steroid dienone is 1.